The molecule has 0 spiro atoms. The molecule has 0 aliphatic heterocycles. The highest BCUT2D eigenvalue weighted by Crippen LogP contribution is 2.25. The lowest BCUT2D eigenvalue weighted by atomic mass is 10.1. The third-order valence-corrected chi connectivity index (χ3v) is 2.90. The van der Waals surface area contributed by atoms with Crippen LogP contribution >= 0.6 is 0 Å². The van der Waals surface area contributed by atoms with Crippen LogP contribution in [-0.2, 0) is 14.3 Å². The number of nitrogens with zero attached hydrogens (tertiary/aromatic N) is 1. The van der Waals surface area contributed by atoms with Crippen LogP contribution in [0.3, 0.4) is 0 Å². The Kier molecular flexibility index (Phi) is 7.94. The molecule has 0 aromatic heterocycles. The molecule has 2 N–H and O–H groups in total. The number of benzene rings is 1. The van der Waals surface area contributed by atoms with Crippen LogP contribution in [0.5, 0.6) is 5.75 Å². The second-order valence-electron chi connectivity index (χ2n) is 5.08. The number of carbonyl (C=O) groups excluding carboxylic acids is 2. The molecular formula is C17H19F2N3O4. The van der Waals surface area contributed by atoms with E-state index in [1.165, 1.54) is 31.5 Å². The third-order valence-electron chi connectivity index (χ3n) is 2.90. The molecule has 9 heteroatoms. The maximum Gasteiger partial charge on any atom is 0.387 e. The average Bonchev–Trinajstić information content (AvgIpc) is 2.60. The van der Waals surface area contributed by atoms with Gasteiger partial charge in [-0.15, -0.1) is 0 Å². The zero-order valence-corrected chi connectivity index (χ0v) is 14.5. The minimum atomic E-state index is -3.01. The van der Waals surface area contributed by atoms with E-state index in [1.54, 1.807) is 25.1 Å². The van der Waals surface area contributed by atoms with Crippen LogP contribution in [0, 0.1) is 5.41 Å². The summed E-state index contributed by atoms with van der Waals surface area (Å²) in [6.07, 6.45) is 3.54. The first-order valence-electron chi connectivity index (χ1n) is 7.33. The first-order valence-corrected chi connectivity index (χ1v) is 7.33. The third kappa shape index (κ3) is 6.34. The number of alkyl halides is 2. The number of allylic oxidation sites excluding steroid dienone is 2. The monoisotopic (exact) mass is 367 g/mol. The number of methoxy groups -OCH3 is 1. The van der Waals surface area contributed by atoms with Gasteiger partial charge in [0.15, 0.2) is 11.5 Å². The van der Waals surface area contributed by atoms with Crippen molar-refractivity contribution >= 4 is 23.0 Å². The summed E-state index contributed by atoms with van der Waals surface area (Å²) in [4.78, 5) is 25.5. The van der Waals surface area contributed by atoms with Crippen LogP contribution < -0.4 is 10.1 Å². The molecule has 1 aromatic rings. The van der Waals surface area contributed by atoms with Gasteiger partial charge in [-0.1, -0.05) is 12.1 Å². The quantitative estimate of drug-likeness (QED) is 0.286. The number of ketones is 2. The predicted octanol–water partition coefficient (Wildman–Crippen LogP) is 2.42. The molecule has 0 atom stereocenters. The number of hydrogen-bond donors (Lipinski definition) is 2. The molecular weight excluding hydrogens is 348 g/mol. The van der Waals surface area contributed by atoms with Crippen molar-refractivity contribution in [2.75, 3.05) is 26.5 Å². The molecule has 0 aliphatic carbocycles. The summed E-state index contributed by atoms with van der Waals surface area (Å²) < 4.78 is 34.0. The molecule has 0 unspecified atom stereocenters. The first-order chi connectivity index (χ1) is 12.3. The second kappa shape index (κ2) is 9.92. The fraction of sp³-hybridized carbons (Fsp3) is 0.235. The lowest BCUT2D eigenvalue weighted by molar-refractivity contribution is -0.115. The molecule has 0 saturated carbocycles. The summed E-state index contributed by atoms with van der Waals surface area (Å²) >= 11 is 0. The molecule has 0 radical (unpaired) electrons. The van der Waals surface area contributed by atoms with Gasteiger partial charge in [-0.3, -0.25) is 15.0 Å². The van der Waals surface area contributed by atoms with Crippen molar-refractivity contribution in [1.29, 1.82) is 5.41 Å². The lowest BCUT2D eigenvalue weighted by Gasteiger charge is -2.11. The summed E-state index contributed by atoms with van der Waals surface area (Å²) in [5.41, 5.74) is -0.643. The van der Waals surface area contributed by atoms with Crippen molar-refractivity contribution in [3.05, 3.63) is 48.5 Å². The van der Waals surface area contributed by atoms with E-state index in [9.17, 15) is 18.4 Å². The van der Waals surface area contributed by atoms with E-state index >= 15 is 0 Å². The van der Waals surface area contributed by atoms with E-state index in [0.717, 1.165) is 12.3 Å². The van der Waals surface area contributed by atoms with Crippen LogP contribution in [0.15, 0.2) is 48.5 Å². The van der Waals surface area contributed by atoms with Gasteiger partial charge in [0.2, 0.25) is 5.78 Å². The molecule has 140 valence electrons. The van der Waals surface area contributed by atoms with Crippen LogP contribution in [0.25, 0.3) is 0 Å². The lowest BCUT2D eigenvalue weighted by Crippen LogP contribution is -2.24. The number of nitrogens with one attached hydrogen (secondary N) is 2. The Hall–Kier alpha value is -3.23. The van der Waals surface area contributed by atoms with Gasteiger partial charge in [-0.25, -0.2) is 0 Å². The number of Topliss-reactive ketones (excluding diaryl/α,β-unsaturated/α-hetero) is 1. The second-order valence-corrected chi connectivity index (χ2v) is 5.08. The van der Waals surface area contributed by atoms with Gasteiger partial charge >= 0.3 is 6.61 Å². The minimum Gasteiger partial charge on any atom is -0.491 e. The fourth-order valence-corrected chi connectivity index (χ4v) is 1.68. The normalized spacial score (nSPS) is 11.4. The Morgan fingerprint density at radius 2 is 1.92 bits per heavy atom. The molecule has 0 bridgehead atoms. The highest BCUT2D eigenvalue weighted by Gasteiger charge is 2.21. The van der Waals surface area contributed by atoms with E-state index in [1.807, 2.05) is 0 Å². The van der Waals surface area contributed by atoms with Gasteiger partial charge in [0, 0.05) is 32.6 Å². The minimum absolute atomic E-state index is 0.137. The Morgan fingerprint density at radius 3 is 2.50 bits per heavy atom. The van der Waals surface area contributed by atoms with Gasteiger partial charge in [0.25, 0.3) is 5.78 Å². The molecule has 0 aliphatic rings. The van der Waals surface area contributed by atoms with Gasteiger partial charge in [0.05, 0.1) is 12.8 Å². The Morgan fingerprint density at radius 1 is 1.27 bits per heavy atom. The van der Waals surface area contributed by atoms with E-state index in [-0.39, 0.29) is 17.2 Å². The van der Waals surface area contributed by atoms with Gasteiger partial charge < -0.3 is 19.7 Å². The molecule has 7 nitrogen and oxygen atoms in total. The highest BCUT2D eigenvalue weighted by molar-refractivity contribution is 6.69. The summed E-state index contributed by atoms with van der Waals surface area (Å²) in [7, 11) is 4.54. The molecule has 26 heavy (non-hydrogen) atoms. The van der Waals surface area contributed by atoms with Crippen molar-refractivity contribution in [2.45, 2.75) is 6.61 Å². The zero-order valence-electron chi connectivity index (χ0n) is 14.5. The smallest absolute Gasteiger partial charge is 0.387 e. The average molecular weight is 367 g/mol. The van der Waals surface area contributed by atoms with Crippen LogP contribution in [0.1, 0.15) is 0 Å². The van der Waals surface area contributed by atoms with Crippen molar-refractivity contribution < 1.29 is 27.8 Å². The summed E-state index contributed by atoms with van der Waals surface area (Å²) in [5.74, 6) is -2.23. The fourth-order valence-electron chi connectivity index (χ4n) is 1.68. The van der Waals surface area contributed by atoms with E-state index in [4.69, 9.17) is 10.1 Å². The number of anilines is 1. The summed E-state index contributed by atoms with van der Waals surface area (Å²) in [5, 5.41) is 10.2. The van der Waals surface area contributed by atoms with E-state index < -0.39 is 23.9 Å². The molecule has 1 rings (SSSR count). The van der Waals surface area contributed by atoms with Gasteiger partial charge in [-0.05, 0) is 12.1 Å². The standard InChI is InChI=1S/C17H19F2N3O4/c1-22(2)9-8-12(23)15(20)16(24)14(25-3)10-21-11-6-4-5-7-13(11)26-17(18)19/h4-10,17,20-21H,1-3H3/b9-8+,14-10+,20-15?. The highest BCUT2D eigenvalue weighted by atomic mass is 19.3. The predicted molar refractivity (Wildman–Crippen MR) is 92.4 cm³/mol. The largest absolute Gasteiger partial charge is 0.491 e. The van der Waals surface area contributed by atoms with E-state index in [0.29, 0.717) is 0 Å². The number of para-hydroxylation sites is 2. The molecule has 0 heterocycles. The maximum absolute atomic E-state index is 12.4. The molecule has 0 amide bonds. The Bertz CT molecular complexity index is 730. The van der Waals surface area contributed by atoms with E-state index in [2.05, 4.69) is 10.1 Å². The molecule has 1 aromatic carbocycles. The van der Waals surface area contributed by atoms with Crippen LogP contribution in [0.2, 0.25) is 0 Å². The number of carbonyl (C=O) groups is 2. The topological polar surface area (TPSA) is 91.7 Å². The molecule has 0 saturated heterocycles. The van der Waals surface area contributed by atoms with Gasteiger partial charge in [-0.2, -0.15) is 8.78 Å². The number of hydrogen-bond acceptors (Lipinski definition) is 7. The van der Waals surface area contributed by atoms with Gasteiger partial charge in [0.1, 0.15) is 5.75 Å². The molecule has 0 fully saturated rings. The Balaban J connectivity index is 2.93. The van der Waals surface area contributed by atoms with Crippen molar-refractivity contribution in [3.8, 4) is 5.75 Å². The van der Waals surface area contributed by atoms with Crippen LogP contribution in [0.4, 0.5) is 14.5 Å². The van der Waals surface area contributed by atoms with Crippen molar-refractivity contribution in [1.82, 2.24) is 4.90 Å². The Labute approximate surface area is 149 Å². The number of rotatable bonds is 10. The van der Waals surface area contributed by atoms with Crippen LogP contribution in [-0.4, -0.2) is 50.0 Å². The number of halogens is 2. The summed E-state index contributed by atoms with van der Waals surface area (Å²) in [6, 6.07) is 5.83. The maximum atomic E-state index is 12.4. The summed E-state index contributed by atoms with van der Waals surface area (Å²) in [6.45, 7) is -3.01. The van der Waals surface area contributed by atoms with Crippen molar-refractivity contribution in [2.24, 2.45) is 0 Å². The van der Waals surface area contributed by atoms with Crippen molar-refractivity contribution in [3.63, 3.8) is 0 Å². The zero-order chi connectivity index (χ0) is 19.7. The SMILES string of the molecule is CO/C(=C/Nc1ccccc1OC(F)F)C(=O)C(=N)C(=O)/C=C/N(C)C. The first kappa shape index (κ1) is 20.8. The number of ether oxygens (including phenoxy) is 2.